The van der Waals surface area contributed by atoms with Crippen molar-refractivity contribution >= 4 is 21.8 Å². The molecule has 1 amide bonds. The van der Waals surface area contributed by atoms with E-state index in [1.165, 1.54) is 0 Å². The summed E-state index contributed by atoms with van der Waals surface area (Å²) in [6.45, 7) is 5.45. The molecule has 0 aliphatic carbocycles. The molecule has 1 atom stereocenters. The molecule has 1 aromatic rings. The summed E-state index contributed by atoms with van der Waals surface area (Å²) in [6, 6.07) is 1.84. The topological polar surface area (TPSA) is 62.2 Å². The van der Waals surface area contributed by atoms with Crippen LogP contribution in [0.3, 0.4) is 0 Å². The quantitative estimate of drug-likeness (QED) is 0.876. The number of pyridine rings is 1. The van der Waals surface area contributed by atoms with Crippen molar-refractivity contribution < 1.29 is 9.90 Å². The Hall–Kier alpha value is -0.940. The Labute approximate surface area is 116 Å². The summed E-state index contributed by atoms with van der Waals surface area (Å²) in [5.74, 6) is -0.323. The Morgan fingerprint density at radius 2 is 2.28 bits per heavy atom. The van der Waals surface area contributed by atoms with Gasteiger partial charge in [0.2, 0.25) is 5.91 Å². The van der Waals surface area contributed by atoms with Crippen LogP contribution >= 0.6 is 15.9 Å². The van der Waals surface area contributed by atoms with Gasteiger partial charge in [-0.1, -0.05) is 6.92 Å². The molecule has 0 saturated heterocycles. The fourth-order valence-corrected chi connectivity index (χ4v) is 2.20. The molecule has 18 heavy (non-hydrogen) atoms. The van der Waals surface area contributed by atoms with Gasteiger partial charge in [0.15, 0.2) is 0 Å². The van der Waals surface area contributed by atoms with E-state index in [2.05, 4.69) is 26.2 Å². The number of amides is 1. The minimum Gasteiger partial charge on any atom is -0.394 e. The average Bonchev–Trinajstić information content (AvgIpc) is 2.32. The highest BCUT2D eigenvalue weighted by atomic mass is 79.9. The highest BCUT2D eigenvalue weighted by molar-refractivity contribution is 9.10. The Morgan fingerprint density at radius 1 is 1.61 bits per heavy atom. The minimum absolute atomic E-state index is 0.0801. The highest BCUT2D eigenvalue weighted by Crippen LogP contribution is 2.27. The lowest BCUT2D eigenvalue weighted by Crippen LogP contribution is -2.48. The SMILES string of the molecule is CCC(C(=O)NC(C)(C)CO)c1ccncc1Br. The number of nitrogens with one attached hydrogen (secondary N) is 1. The third-order valence-corrected chi connectivity index (χ3v) is 3.42. The molecule has 0 bridgehead atoms. The smallest absolute Gasteiger partial charge is 0.228 e. The molecule has 5 heteroatoms. The lowest BCUT2D eigenvalue weighted by molar-refractivity contribution is -0.124. The Morgan fingerprint density at radius 3 is 2.78 bits per heavy atom. The molecule has 1 heterocycles. The van der Waals surface area contributed by atoms with E-state index in [9.17, 15) is 9.90 Å². The van der Waals surface area contributed by atoms with Crippen molar-refractivity contribution in [2.24, 2.45) is 0 Å². The Balaban J connectivity index is 2.91. The number of halogens is 1. The predicted octanol–water partition coefficient (Wildman–Crippen LogP) is 2.22. The van der Waals surface area contributed by atoms with Crippen LogP contribution in [-0.2, 0) is 4.79 Å². The number of hydrogen-bond donors (Lipinski definition) is 2. The van der Waals surface area contributed by atoms with Gasteiger partial charge in [-0.05, 0) is 47.8 Å². The van der Waals surface area contributed by atoms with Crippen molar-refractivity contribution in [3.63, 3.8) is 0 Å². The standard InChI is InChI=1S/C13H19BrN2O2/c1-4-9(10-5-6-15-7-11(10)14)12(18)16-13(2,3)8-17/h5-7,9,17H,4,8H2,1-3H3,(H,16,18). The van der Waals surface area contributed by atoms with Crippen molar-refractivity contribution in [2.45, 2.75) is 38.6 Å². The van der Waals surface area contributed by atoms with Crippen LogP contribution in [-0.4, -0.2) is 28.1 Å². The maximum absolute atomic E-state index is 12.2. The molecule has 1 rings (SSSR count). The number of aromatic nitrogens is 1. The van der Waals surface area contributed by atoms with Crippen molar-refractivity contribution in [1.82, 2.24) is 10.3 Å². The first-order valence-electron chi connectivity index (χ1n) is 5.93. The summed E-state index contributed by atoms with van der Waals surface area (Å²) in [7, 11) is 0. The summed E-state index contributed by atoms with van der Waals surface area (Å²) >= 11 is 3.41. The maximum atomic E-state index is 12.2. The van der Waals surface area contributed by atoms with Crippen molar-refractivity contribution in [1.29, 1.82) is 0 Å². The number of aliphatic hydroxyl groups excluding tert-OH is 1. The summed E-state index contributed by atoms with van der Waals surface area (Å²) < 4.78 is 0.828. The van der Waals surface area contributed by atoms with E-state index in [0.29, 0.717) is 6.42 Å². The lowest BCUT2D eigenvalue weighted by atomic mass is 9.95. The van der Waals surface area contributed by atoms with Gasteiger partial charge in [-0.15, -0.1) is 0 Å². The lowest BCUT2D eigenvalue weighted by Gasteiger charge is -2.26. The van der Waals surface area contributed by atoms with Gasteiger partial charge in [0.25, 0.3) is 0 Å². The zero-order chi connectivity index (χ0) is 13.8. The van der Waals surface area contributed by atoms with E-state index >= 15 is 0 Å². The van der Waals surface area contributed by atoms with Gasteiger partial charge >= 0.3 is 0 Å². The van der Waals surface area contributed by atoms with E-state index in [-0.39, 0.29) is 18.4 Å². The van der Waals surface area contributed by atoms with Gasteiger partial charge in [-0.25, -0.2) is 0 Å². The summed E-state index contributed by atoms with van der Waals surface area (Å²) in [5, 5.41) is 12.0. The maximum Gasteiger partial charge on any atom is 0.228 e. The van der Waals surface area contributed by atoms with Crippen LogP contribution in [0.15, 0.2) is 22.9 Å². The van der Waals surface area contributed by atoms with E-state index in [1.54, 1.807) is 26.2 Å². The Kier molecular flexibility index (Phi) is 5.28. The largest absolute Gasteiger partial charge is 0.394 e. The summed E-state index contributed by atoms with van der Waals surface area (Å²) in [6.07, 6.45) is 4.05. The number of aliphatic hydroxyl groups is 1. The van der Waals surface area contributed by atoms with E-state index < -0.39 is 5.54 Å². The highest BCUT2D eigenvalue weighted by Gasteiger charge is 2.26. The number of carbonyl (C=O) groups excluding carboxylic acids is 1. The number of rotatable bonds is 5. The van der Waals surface area contributed by atoms with E-state index in [4.69, 9.17) is 0 Å². The van der Waals surface area contributed by atoms with Crippen LogP contribution in [0, 0.1) is 0 Å². The van der Waals surface area contributed by atoms with Gasteiger partial charge in [-0.3, -0.25) is 9.78 Å². The fourth-order valence-electron chi connectivity index (χ4n) is 1.68. The van der Waals surface area contributed by atoms with Crippen LogP contribution < -0.4 is 5.32 Å². The van der Waals surface area contributed by atoms with Crippen LogP contribution in [0.25, 0.3) is 0 Å². The monoisotopic (exact) mass is 314 g/mol. The second-order valence-electron chi connectivity index (χ2n) is 4.89. The fraction of sp³-hybridized carbons (Fsp3) is 0.538. The number of hydrogen-bond acceptors (Lipinski definition) is 3. The van der Waals surface area contributed by atoms with Crippen molar-refractivity contribution in [2.75, 3.05) is 6.61 Å². The van der Waals surface area contributed by atoms with Gasteiger partial charge in [-0.2, -0.15) is 0 Å². The van der Waals surface area contributed by atoms with Crippen LogP contribution in [0.2, 0.25) is 0 Å². The zero-order valence-corrected chi connectivity index (χ0v) is 12.5. The molecule has 1 unspecified atom stereocenters. The van der Waals surface area contributed by atoms with E-state index in [1.807, 2.05) is 13.0 Å². The molecule has 0 aromatic carbocycles. The molecule has 0 aliphatic rings. The van der Waals surface area contributed by atoms with E-state index in [0.717, 1.165) is 10.0 Å². The first-order valence-corrected chi connectivity index (χ1v) is 6.73. The zero-order valence-electron chi connectivity index (χ0n) is 10.9. The molecule has 2 N–H and O–H groups in total. The predicted molar refractivity (Wildman–Crippen MR) is 74.3 cm³/mol. The third kappa shape index (κ3) is 3.78. The minimum atomic E-state index is -0.607. The van der Waals surface area contributed by atoms with Crippen LogP contribution in [0.1, 0.15) is 38.7 Å². The van der Waals surface area contributed by atoms with Gasteiger partial charge in [0.05, 0.1) is 18.1 Å². The molecule has 0 spiro atoms. The van der Waals surface area contributed by atoms with Gasteiger partial charge < -0.3 is 10.4 Å². The second kappa shape index (κ2) is 6.29. The van der Waals surface area contributed by atoms with Crippen molar-refractivity contribution in [3.8, 4) is 0 Å². The normalized spacial score (nSPS) is 13.2. The van der Waals surface area contributed by atoms with Crippen molar-refractivity contribution in [3.05, 3.63) is 28.5 Å². The average molecular weight is 315 g/mol. The number of nitrogens with zero attached hydrogens (tertiary/aromatic N) is 1. The molecule has 4 nitrogen and oxygen atoms in total. The molecule has 0 fully saturated rings. The number of carbonyl (C=O) groups is 1. The molecular formula is C13H19BrN2O2. The molecule has 100 valence electrons. The van der Waals surface area contributed by atoms with Gasteiger partial charge in [0, 0.05) is 16.9 Å². The van der Waals surface area contributed by atoms with Crippen LogP contribution in [0.5, 0.6) is 0 Å². The van der Waals surface area contributed by atoms with Gasteiger partial charge in [0.1, 0.15) is 0 Å². The second-order valence-corrected chi connectivity index (χ2v) is 5.74. The molecule has 1 aromatic heterocycles. The molecular weight excluding hydrogens is 296 g/mol. The third-order valence-electron chi connectivity index (χ3n) is 2.76. The first kappa shape index (κ1) is 15.1. The molecule has 0 saturated carbocycles. The summed E-state index contributed by atoms with van der Waals surface area (Å²) in [5.41, 5.74) is 0.308. The van der Waals surface area contributed by atoms with Crippen LogP contribution in [0.4, 0.5) is 0 Å². The summed E-state index contributed by atoms with van der Waals surface area (Å²) in [4.78, 5) is 16.2. The first-order chi connectivity index (χ1) is 8.41. The Bertz CT molecular complexity index is 421. The molecule has 0 aliphatic heterocycles. The molecule has 0 radical (unpaired) electrons.